The van der Waals surface area contributed by atoms with Gasteiger partial charge in [-0.3, -0.25) is 15.6 Å². The molecule has 0 aliphatic carbocycles. The van der Waals surface area contributed by atoms with E-state index in [0.717, 1.165) is 15.8 Å². The third-order valence-electron chi connectivity index (χ3n) is 3.77. The predicted octanol–water partition coefficient (Wildman–Crippen LogP) is 3.07. The van der Waals surface area contributed by atoms with Crippen LogP contribution in [0.1, 0.15) is 16.1 Å². The van der Waals surface area contributed by atoms with E-state index in [4.69, 9.17) is 10.2 Å². The number of hydrogen-bond donors (Lipinski definition) is 4. The van der Waals surface area contributed by atoms with Crippen molar-refractivity contribution in [3.63, 3.8) is 0 Å². The molecule has 1 aromatic carbocycles. The van der Waals surface area contributed by atoms with E-state index in [-0.39, 0.29) is 17.3 Å². The summed E-state index contributed by atoms with van der Waals surface area (Å²) in [5, 5.41) is 3.77. The van der Waals surface area contributed by atoms with Gasteiger partial charge in [0.2, 0.25) is 0 Å². The number of furan rings is 1. The fourth-order valence-electron chi connectivity index (χ4n) is 2.42. The molecular formula is C17H15N7O2S. The largest absolute Gasteiger partial charge is 0.459 e. The first kappa shape index (κ1) is 16.8. The molecule has 10 heteroatoms. The SMILES string of the molecule is Cc1cccc2sc(Nc3ncnc(NNC(=O)c4ccco4)c3N)nc12. The Bertz CT molecular complexity index is 1110. The van der Waals surface area contributed by atoms with Crippen molar-refractivity contribution >= 4 is 49.9 Å². The van der Waals surface area contributed by atoms with Crippen molar-refractivity contribution in [1.29, 1.82) is 0 Å². The molecule has 0 saturated carbocycles. The Kier molecular flexibility index (Phi) is 4.30. The van der Waals surface area contributed by atoms with E-state index >= 15 is 0 Å². The lowest BCUT2D eigenvalue weighted by atomic mass is 10.2. The summed E-state index contributed by atoms with van der Waals surface area (Å²) in [6.07, 6.45) is 2.74. The number of amides is 1. The maximum absolute atomic E-state index is 11.9. The van der Waals surface area contributed by atoms with Gasteiger partial charge in [0.15, 0.2) is 22.5 Å². The van der Waals surface area contributed by atoms with E-state index in [1.807, 2.05) is 25.1 Å². The van der Waals surface area contributed by atoms with Gasteiger partial charge in [0.05, 0.1) is 16.5 Å². The number of anilines is 4. The first-order valence-electron chi connectivity index (χ1n) is 7.95. The average molecular weight is 381 g/mol. The predicted molar refractivity (Wildman–Crippen MR) is 104 cm³/mol. The first-order valence-corrected chi connectivity index (χ1v) is 8.77. The molecule has 0 atom stereocenters. The lowest BCUT2D eigenvalue weighted by Crippen LogP contribution is -2.30. The van der Waals surface area contributed by atoms with Gasteiger partial charge in [0.25, 0.3) is 0 Å². The van der Waals surface area contributed by atoms with Gasteiger partial charge in [-0.25, -0.2) is 15.0 Å². The Morgan fingerprint density at radius 3 is 2.81 bits per heavy atom. The molecule has 0 spiro atoms. The molecule has 1 amide bonds. The minimum atomic E-state index is -0.450. The number of hydrazine groups is 1. The number of carbonyl (C=O) groups excluding carboxylic acids is 1. The fourth-order valence-corrected chi connectivity index (χ4v) is 3.36. The van der Waals surface area contributed by atoms with Crippen molar-refractivity contribution in [3.05, 3.63) is 54.2 Å². The molecule has 4 aromatic rings. The molecule has 3 heterocycles. The standard InChI is InChI=1S/C17H15N7O2S/c1-9-4-2-6-11-13(9)21-17(27-11)22-14-12(18)15(20-8-19-14)23-24-16(25)10-5-3-7-26-10/h2-8H,18H2,1H3,(H,24,25)(H2,19,20,21,22,23). The van der Waals surface area contributed by atoms with Gasteiger partial charge in [-0.05, 0) is 30.7 Å². The zero-order valence-electron chi connectivity index (χ0n) is 14.2. The maximum atomic E-state index is 11.9. The van der Waals surface area contributed by atoms with E-state index in [9.17, 15) is 4.79 Å². The molecule has 0 saturated heterocycles. The minimum Gasteiger partial charge on any atom is -0.459 e. The molecule has 27 heavy (non-hydrogen) atoms. The van der Waals surface area contributed by atoms with Crippen LogP contribution >= 0.6 is 11.3 Å². The minimum absolute atomic E-state index is 0.165. The van der Waals surface area contributed by atoms with Crippen LogP contribution in [0.4, 0.5) is 22.5 Å². The number of nitrogens with one attached hydrogen (secondary N) is 3. The summed E-state index contributed by atoms with van der Waals surface area (Å²) in [6.45, 7) is 2.01. The van der Waals surface area contributed by atoms with Gasteiger partial charge in [-0.15, -0.1) is 0 Å². The number of hydrogen-bond acceptors (Lipinski definition) is 9. The Morgan fingerprint density at radius 2 is 2.04 bits per heavy atom. The van der Waals surface area contributed by atoms with Gasteiger partial charge in [0, 0.05) is 0 Å². The number of para-hydroxylation sites is 1. The zero-order chi connectivity index (χ0) is 18.8. The number of fused-ring (bicyclic) bond motifs is 1. The van der Waals surface area contributed by atoms with Crippen molar-refractivity contribution in [1.82, 2.24) is 20.4 Å². The Labute approximate surface area is 157 Å². The van der Waals surface area contributed by atoms with Crippen LogP contribution in [0.2, 0.25) is 0 Å². The highest BCUT2D eigenvalue weighted by Crippen LogP contribution is 2.32. The number of aryl methyl sites for hydroxylation is 1. The summed E-state index contributed by atoms with van der Waals surface area (Å²) in [5.74, 6) is 0.355. The van der Waals surface area contributed by atoms with Crippen molar-refractivity contribution < 1.29 is 9.21 Å². The molecule has 136 valence electrons. The molecule has 0 unspecified atom stereocenters. The van der Waals surface area contributed by atoms with Gasteiger partial charge >= 0.3 is 5.91 Å². The number of thiazole rings is 1. The monoisotopic (exact) mass is 381 g/mol. The van der Waals surface area contributed by atoms with Crippen LogP contribution in [0, 0.1) is 6.92 Å². The summed E-state index contributed by atoms with van der Waals surface area (Å²) in [4.78, 5) is 24.7. The van der Waals surface area contributed by atoms with Gasteiger partial charge in [-0.1, -0.05) is 23.5 Å². The number of nitrogen functional groups attached to an aromatic ring is 1. The van der Waals surface area contributed by atoms with Crippen molar-refractivity contribution in [2.75, 3.05) is 16.5 Å². The molecular weight excluding hydrogens is 366 g/mol. The van der Waals surface area contributed by atoms with Gasteiger partial charge < -0.3 is 15.5 Å². The molecule has 5 N–H and O–H groups in total. The Morgan fingerprint density at radius 1 is 1.19 bits per heavy atom. The number of nitrogens with zero attached hydrogens (tertiary/aromatic N) is 3. The molecule has 0 radical (unpaired) electrons. The number of nitrogens with two attached hydrogens (primary N) is 1. The van der Waals surface area contributed by atoms with Crippen molar-refractivity contribution in [2.24, 2.45) is 0 Å². The maximum Gasteiger partial charge on any atom is 0.305 e. The summed E-state index contributed by atoms with van der Waals surface area (Å²) in [7, 11) is 0. The molecule has 3 aromatic heterocycles. The lowest BCUT2D eigenvalue weighted by Gasteiger charge is -2.11. The highest BCUT2D eigenvalue weighted by molar-refractivity contribution is 7.22. The topological polar surface area (TPSA) is 131 Å². The van der Waals surface area contributed by atoms with Crippen LogP contribution in [-0.2, 0) is 0 Å². The van der Waals surface area contributed by atoms with Gasteiger partial charge in [0.1, 0.15) is 12.0 Å². The Balaban J connectivity index is 1.52. The molecule has 4 rings (SSSR count). The van der Waals surface area contributed by atoms with Crippen LogP contribution in [0.5, 0.6) is 0 Å². The summed E-state index contributed by atoms with van der Waals surface area (Å²) in [6, 6.07) is 9.17. The highest BCUT2D eigenvalue weighted by atomic mass is 32.1. The smallest absolute Gasteiger partial charge is 0.305 e. The Hall–Kier alpha value is -3.66. The van der Waals surface area contributed by atoms with Crippen LogP contribution in [0.15, 0.2) is 47.3 Å². The number of aromatic nitrogens is 3. The normalized spacial score (nSPS) is 10.7. The molecule has 0 bridgehead atoms. The van der Waals surface area contributed by atoms with E-state index in [1.54, 1.807) is 12.1 Å². The van der Waals surface area contributed by atoms with E-state index in [1.165, 1.54) is 23.9 Å². The second-order valence-electron chi connectivity index (χ2n) is 5.61. The van der Waals surface area contributed by atoms with Crippen LogP contribution in [0.25, 0.3) is 10.2 Å². The third-order valence-corrected chi connectivity index (χ3v) is 4.71. The molecule has 9 nitrogen and oxygen atoms in total. The van der Waals surface area contributed by atoms with Crippen LogP contribution < -0.4 is 21.9 Å². The second-order valence-corrected chi connectivity index (χ2v) is 6.64. The number of rotatable bonds is 5. The zero-order valence-corrected chi connectivity index (χ0v) is 15.0. The molecule has 0 aliphatic rings. The summed E-state index contributed by atoms with van der Waals surface area (Å²) in [5.41, 5.74) is 13.5. The average Bonchev–Trinajstić information content (AvgIpc) is 3.32. The number of carbonyl (C=O) groups is 1. The number of benzene rings is 1. The molecule has 0 fully saturated rings. The van der Waals surface area contributed by atoms with E-state index in [2.05, 4.69) is 31.1 Å². The van der Waals surface area contributed by atoms with Crippen LogP contribution in [-0.4, -0.2) is 20.9 Å². The molecule has 0 aliphatic heterocycles. The third kappa shape index (κ3) is 3.37. The summed E-state index contributed by atoms with van der Waals surface area (Å²) >= 11 is 1.50. The fraction of sp³-hybridized carbons (Fsp3) is 0.0588. The van der Waals surface area contributed by atoms with Crippen molar-refractivity contribution in [3.8, 4) is 0 Å². The van der Waals surface area contributed by atoms with Gasteiger partial charge in [-0.2, -0.15) is 0 Å². The first-order chi connectivity index (χ1) is 13.1. The second kappa shape index (κ2) is 6.92. The van der Waals surface area contributed by atoms with E-state index < -0.39 is 5.91 Å². The van der Waals surface area contributed by atoms with Crippen LogP contribution in [0.3, 0.4) is 0 Å². The highest BCUT2D eigenvalue weighted by Gasteiger charge is 2.13. The van der Waals surface area contributed by atoms with E-state index in [0.29, 0.717) is 10.9 Å². The quantitative estimate of drug-likeness (QED) is 0.388. The summed E-state index contributed by atoms with van der Waals surface area (Å²) < 4.78 is 6.08. The lowest BCUT2D eigenvalue weighted by molar-refractivity contribution is 0.0935. The van der Waals surface area contributed by atoms with Crippen molar-refractivity contribution in [2.45, 2.75) is 6.92 Å².